The number of carbonyl (C=O) groups excluding carboxylic acids is 1. The maximum Gasteiger partial charge on any atom is 0.258 e. The van der Waals surface area contributed by atoms with Gasteiger partial charge in [0.1, 0.15) is 11.5 Å². The second-order valence-electron chi connectivity index (χ2n) is 5.30. The molecular formula is C19H23NO4. The first-order chi connectivity index (χ1) is 11.7. The van der Waals surface area contributed by atoms with Gasteiger partial charge in [-0.2, -0.15) is 0 Å². The van der Waals surface area contributed by atoms with Gasteiger partial charge in [-0.3, -0.25) is 4.79 Å². The smallest absolute Gasteiger partial charge is 0.258 e. The van der Waals surface area contributed by atoms with E-state index in [2.05, 4.69) is 5.32 Å². The molecule has 0 radical (unpaired) electrons. The zero-order valence-electron chi connectivity index (χ0n) is 14.1. The number of ether oxygens (including phenoxy) is 3. The number of nitrogens with one attached hydrogen (secondary N) is 1. The average molecular weight is 329 g/mol. The van der Waals surface area contributed by atoms with Gasteiger partial charge >= 0.3 is 0 Å². The zero-order chi connectivity index (χ0) is 17.2. The topological polar surface area (TPSA) is 56.8 Å². The summed E-state index contributed by atoms with van der Waals surface area (Å²) in [6.07, 6.45) is 0.860. The summed E-state index contributed by atoms with van der Waals surface area (Å²) in [7, 11) is 3.31. The predicted octanol–water partition coefficient (Wildman–Crippen LogP) is 2.58. The Labute approximate surface area is 142 Å². The van der Waals surface area contributed by atoms with Crippen molar-refractivity contribution in [2.75, 3.05) is 27.4 Å². The van der Waals surface area contributed by atoms with Crippen molar-refractivity contribution in [1.29, 1.82) is 0 Å². The molecule has 0 unspecified atom stereocenters. The Morgan fingerprint density at radius 1 is 0.917 bits per heavy atom. The summed E-state index contributed by atoms with van der Waals surface area (Å²) in [5.41, 5.74) is 2.18. The number of methoxy groups -OCH3 is 2. The van der Waals surface area contributed by atoms with E-state index in [1.54, 1.807) is 14.2 Å². The standard InChI is InChI=1S/C19H23NO4/c1-22-12-11-15-3-9-18(10-4-15)24-14-19(21)20-13-16-5-7-17(23-2)8-6-16/h3-10H,11-14H2,1-2H3,(H,20,21). The van der Waals surface area contributed by atoms with Crippen LogP contribution in [0.1, 0.15) is 11.1 Å². The van der Waals surface area contributed by atoms with Crippen molar-refractivity contribution in [3.63, 3.8) is 0 Å². The number of amides is 1. The first-order valence-corrected chi connectivity index (χ1v) is 7.81. The Hall–Kier alpha value is -2.53. The van der Waals surface area contributed by atoms with Crippen LogP contribution in [0.25, 0.3) is 0 Å². The van der Waals surface area contributed by atoms with Crippen molar-refractivity contribution in [3.8, 4) is 11.5 Å². The van der Waals surface area contributed by atoms with Gasteiger partial charge in [0.15, 0.2) is 6.61 Å². The zero-order valence-corrected chi connectivity index (χ0v) is 14.1. The molecule has 2 aromatic carbocycles. The molecule has 0 aromatic heterocycles. The van der Waals surface area contributed by atoms with Gasteiger partial charge in [0.25, 0.3) is 5.91 Å². The quantitative estimate of drug-likeness (QED) is 0.768. The molecule has 0 fully saturated rings. The molecule has 0 aliphatic rings. The van der Waals surface area contributed by atoms with E-state index >= 15 is 0 Å². The summed E-state index contributed by atoms with van der Waals surface area (Å²) >= 11 is 0. The summed E-state index contributed by atoms with van der Waals surface area (Å²) in [4.78, 5) is 11.8. The maximum absolute atomic E-state index is 11.8. The van der Waals surface area contributed by atoms with Gasteiger partial charge in [-0.1, -0.05) is 24.3 Å². The van der Waals surface area contributed by atoms with Gasteiger partial charge in [0, 0.05) is 13.7 Å². The van der Waals surface area contributed by atoms with Crippen molar-refractivity contribution in [2.24, 2.45) is 0 Å². The Morgan fingerprint density at radius 2 is 1.54 bits per heavy atom. The minimum absolute atomic E-state index is 0.00638. The fraction of sp³-hybridized carbons (Fsp3) is 0.316. The lowest BCUT2D eigenvalue weighted by molar-refractivity contribution is -0.123. The fourth-order valence-electron chi connectivity index (χ4n) is 2.12. The number of hydrogen-bond donors (Lipinski definition) is 1. The van der Waals surface area contributed by atoms with Crippen molar-refractivity contribution in [3.05, 3.63) is 59.7 Å². The van der Waals surface area contributed by atoms with Gasteiger partial charge in [-0.25, -0.2) is 0 Å². The Morgan fingerprint density at radius 3 is 2.17 bits per heavy atom. The Bertz CT molecular complexity index is 623. The third-order valence-corrected chi connectivity index (χ3v) is 3.54. The number of carbonyl (C=O) groups is 1. The lowest BCUT2D eigenvalue weighted by atomic mass is 10.1. The molecule has 0 atom stereocenters. The van der Waals surface area contributed by atoms with Crippen LogP contribution in [0.4, 0.5) is 0 Å². The van der Waals surface area contributed by atoms with Crippen molar-refractivity contribution in [2.45, 2.75) is 13.0 Å². The summed E-state index contributed by atoms with van der Waals surface area (Å²) in [5.74, 6) is 1.31. The number of benzene rings is 2. The predicted molar refractivity (Wildman–Crippen MR) is 92.4 cm³/mol. The molecule has 24 heavy (non-hydrogen) atoms. The maximum atomic E-state index is 11.8. The van der Waals surface area contributed by atoms with E-state index in [4.69, 9.17) is 14.2 Å². The minimum atomic E-state index is -0.158. The second-order valence-corrected chi connectivity index (χ2v) is 5.30. The normalized spacial score (nSPS) is 10.2. The second kappa shape index (κ2) is 9.57. The fourth-order valence-corrected chi connectivity index (χ4v) is 2.12. The van der Waals surface area contributed by atoms with Crippen LogP contribution < -0.4 is 14.8 Å². The van der Waals surface area contributed by atoms with Gasteiger partial charge in [0.05, 0.1) is 13.7 Å². The Balaban J connectivity index is 1.72. The SMILES string of the molecule is COCCc1ccc(OCC(=O)NCc2ccc(OC)cc2)cc1. The van der Waals surface area contributed by atoms with E-state index in [1.165, 1.54) is 5.56 Å². The third kappa shape index (κ3) is 5.93. The first kappa shape index (κ1) is 17.8. The first-order valence-electron chi connectivity index (χ1n) is 7.81. The summed E-state index contributed by atoms with van der Waals surface area (Å²) in [6.45, 7) is 1.14. The van der Waals surface area contributed by atoms with Gasteiger partial charge in [-0.05, 0) is 41.8 Å². The van der Waals surface area contributed by atoms with E-state index in [-0.39, 0.29) is 12.5 Å². The molecule has 0 saturated heterocycles. The highest BCUT2D eigenvalue weighted by molar-refractivity contribution is 5.77. The summed E-state index contributed by atoms with van der Waals surface area (Å²) in [6, 6.07) is 15.2. The lowest BCUT2D eigenvalue weighted by Crippen LogP contribution is -2.28. The van der Waals surface area contributed by atoms with E-state index in [9.17, 15) is 4.79 Å². The lowest BCUT2D eigenvalue weighted by Gasteiger charge is -2.09. The highest BCUT2D eigenvalue weighted by atomic mass is 16.5. The summed E-state index contributed by atoms with van der Waals surface area (Å²) in [5, 5.41) is 2.82. The largest absolute Gasteiger partial charge is 0.497 e. The van der Waals surface area contributed by atoms with Crippen LogP contribution in [0.15, 0.2) is 48.5 Å². The molecule has 5 nitrogen and oxygen atoms in total. The van der Waals surface area contributed by atoms with Crippen LogP contribution in [0.2, 0.25) is 0 Å². The van der Waals surface area contributed by atoms with E-state index in [0.29, 0.717) is 18.9 Å². The molecule has 0 spiro atoms. The molecule has 0 bridgehead atoms. The highest BCUT2D eigenvalue weighted by Crippen LogP contribution is 2.13. The van der Waals surface area contributed by atoms with E-state index in [1.807, 2.05) is 48.5 Å². The molecule has 2 rings (SSSR count). The molecule has 2 aromatic rings. The molecule has 1 amide bonds. The van der Waals surface area contributed by atoms with Gasteiger partial charge in [-0.15, -0.1) is 0 Å². The van der Waals surface area contributed by atoms with Crippen LogP contribution in [0.3, 0.4) is 0 Å². The molecule has 5 heteroatoms. The molecule has 0 heterocycles. The third-order valence-electron chi connectivity index (χ3n) is 3.54. The molecule has 0 saturated carbocycles. The summed E-state index contributed by atoms with van der Waals surface area (Å²) < 4.78 is 15.6. The van der Waals surface area contributed by atoms with Gasteiger partial charge in [0.2, 0.25) is 0 Å². The van der Waals surface area contributed by atoms with Crippen LogP contribution in [0, 0.1) is 0 Å². The monoisotopic (exact) mass is 329 g/mol. The average Bonchev–Trinajstić information content (AvgIpc) is 2.64. The van der Waals surface area contributed by atoms with Gasteiger partial charge < -0.3 is 19.5 Å². The Kier molecular flexibility index (Phi) is 7.11. The van der Waals surface area contributed by atoms with Crippen molar-refractivity contribution < 1.29 is 19.0 Å². The van der Waals surface area contributed by atoms with Crippen LogP contribution in [-0.2, 0) is 22.5 Å². The van der Waals surface area contributed by atoms with Crippen LogP contribution in [0.5, 0.6) is 11.5 Å². The number of hydrogen-bond acceptors (Lipinski definition) is 4. The van der Waals surface area contributed by atoms with E-state index in [0.717, 1.165) is 17.7 Å². The van der Waals surface area contributed by atoms with Crippen molar-refractivity contribution in [1.82, 2.24) is 5.32 Å². The minimum Gasteiger partial charge on any atom is -0.497 e. The van der Waals surface area contributed by atoms with Crippen LogP contribution >= 0.6 is 0 Å². The molecular weight excluding hydrogens is 306 g/mol. The van der Waals surface area contributed by atoms with E-state index < -0.39 is 0 Å². The molecule has 1 N–H and O–H groups in total. The number of rotatable bonds is 9. The van der Waals surface area contributed by atoms with Crippen molar-refractivity contribution >= 4 is 5.91 Å². The molecule has 0 aliphatic heterocycles. The van der Waals surface area contributed by atoms with Crippen LogP contribution in [-0.4, -0.2) is 33.3 Å². The molecule has 0 aliphatic carbocycles. The molecule has 128 valence electrons. The highest BCUT2D eigenvalue weighted by Gasteiger charge is 2.03.